The third kappa shape index (κ3) is 5.19. The van der Waals surface area contributed by atoms with Gasteiger partial charge in [-0.15, -0.1) is 0 Å². The molecular formula is C16H23NO4. The molecule has 1 amide bonds. The molecule has 1 atom stereocenters. The molecule has 2 N–H and O–H groups in total. The van der Waals surface area contributed by atoms with Gasteiger partial charge >= 0.3 is 5.97 Å². The maximum atomic E-state index is 11.9. The van der Waals surface area contributed by atoms with Crippen molar-refractivity contribution in [2.75, 3.05) is 13.7 Å². The summed E-state index contributed by atoms with van der Waals surface area (Å²) in [7, 11) is 1.45. The first-order valence-corrected chi connectivity index (χ1v) is 6.88. The van der Waals surface area contributed by atoms with E-state index in [0.717, 1.165) is 11.1 Å². The Morgan fingerprint density at radius 1 is 1.38 bits per heavy atom. The Morgan fingerprint density at radius 3 is 2.57 bits per heavy atom. The first kappa shape index (κ1) is 17.2. The Labute approximate surface area is 125 Å². The van der Waals surface area contributed by atoms with E-state index in [2.05, 4.69) is 5.32 Å². The minimum atomic E-state index is -0.966. The largest absolute Gasteiger partial charge is 0.481 e. The standard InChI is InChI=1S/C16H23NO4/c1-11-6-5-7-12(8-11)9-13(14(18)19)10-17-15(20)16(2,3)21-4/h5-8,13H,9-10H2,1-4H3,(H,17,20)(H,18,19). The van der Waals surface area contributed by atoms with E-state index in [4.69, 9.17) is 4.74 Å². The molecule has 21 heavy (non-hydrogen) atoms. The minimum Gasteiger partial charge on any atom is -0.481 e. The van der Waals surface area contributed by atoms with Crippen molar-refractivity contribution in [2.45, 2.75) is 32.8 Å². The second-order valence-corrected chi connectivity index (χ2v) is 5.65. The molecule has 1 unspecified atom stereocenters. The zero-order valence-electron chi connectivity index (χ0n) is 13.0. The molecule has 5 heteroatoms. The fourth-order valence-electron chi connectivity index (χ4n) is 1.89. The maximum absolute atomic E-state index is 11.9. The number of benzene rings is 1. The first-order valence-electron chi connectivity index (χ1n) is 6.88. The number of aryl methyl sites for hydroxylation is 1. The molecule has 0 aliphatic carbocycles. The Bertz CT molecular complexity index is 511. The Hall–Kier alpha value is -1.88. The zero-order chi connectivity index (χ0) is 16.0. The SMILES string of the molecule is COC(C)(C)C(=O)NCC(Cc1cccc(C)c1)C(=O)O. The van der Waals surface area contributed by atoms with E-state index < -0.39 is 17.5 Å². The van der Waals surface area contributed by atoms with Gasteiger partial charge in [0, 0.05) is 13.7 Å². The number of carboxylic acids is 1. The Kier molecular flexibility index (Phi) is 5.90. The molecule has 0 aromatic heterocycles. The molecule has 0 aliphatic heterocycles. The summed E-state index contributed by atoms with van der Waals surface area (Å²) in [5, 5.41) is 11.9. The summed E-state index contributed by atoms with van der Waals surface area (Å²) in [6.07, 6.45) is 0.380. The number of carbonyl (C=O) groups is 2. The van der Waals surface area contributed by atoms with Gasteiger partial charge in [0.25, 0.3) is 5.91 Å². The second-order valence-electron chi connectivity index (χ2n) is 5.65. The average molecular weight is 293 g/mol. The van der Waals surface area contributed by atoms with Gasteiger partial charge in [-0.25, -0.2) is 0 Å². The fourth-order valence-corrected chi connectivity index (χ4v) is 1.89. The molecule has 0 aliphatic rings. The van der Waals surface area contributed by atoms with Gasteiger partial charge in [0.2, 0.25) is 0 Å². The number of nitrogens with one attached hydrogen (secondary N) is 1. The van der Waals surface area contributed by atoms with Gasteiger partial charge in [0.1, 0.15) is 5.60 Å². The molecule has 0 radical (unpaired) electrons. The summed E-state index contributed by atoms with van der Waals surface area (Å²) < 4.78 is 5.07. The van der Waals surface area contributed by atoms with Gasteiger partial charge < -0.3 is 15.2 Å². The van der Waals surface area contributed by atoms with Gasteiger partial charge in [-0.05, 0) is 32.8 Å². The highest BCUT2D eigenvalue weighted by atomic mass is 16.5. The number of methoxy groups -OCH3 is 1. The Morgan fingerprint density at radius 2 is 2.05 bits per heavy atom. The fraction of sp³-hybridized carbons (Fsp3) is 0.500. The van der Waals surface area contributed by atoms with Crippen molar-refractivity contribution < 1.29 is 19.4 Å². The molecule has 1 rings (SSSR count). The molecule has 0 fully saturated rings. The van der Waals surface area contributed by atoms with Crippen LogP contribution in [0.2, 0.25) is 0 Å². The van der Waals surface area contributed by atoms with E-state index >= 15 is 0 Å². The summed E-state index contributed by atoms with van der Waals surface area (Å²) in [4.78, 5) is 23.2. The van der Waals surface area contributed by atoms with Gasteiger partial charge in [0.05, 0.1) is 5.92 Å². The summed E-state index contributed by atoms with van der Waals surface area (Å²) in [6, 6.07) is 7.71. The molecule has 0 saturated carbocycles. The van der Waals surface area contributed by atoms with E-state index in [-0.39, 0.29) is 12.5 Å². The minimum absolute atomic E-state index is 0.0783. The topological polar surface area (TPSA) is 75.6 Å². The van der Waals surface area contributed by atoms with Crippen LogP contribution in [0.5, 0.6) is 0 Å². The van der Waals surface area contributed by atoms with Gasteiger partial charge in [-0.1, -0.05) is 29.8 Å². The Balaban J connectivity index is 2.67. The van der Waals surface area contributed by atoms with Crippen LogP contribution in [0.1, 0.15) is 25.0 Å². The summed E-state index contributed by atoms with van der Waals surface area (Å²) in [5.41, 5.74) is 1.07. The lowest BCUT2D eigenvalue weighted by Crippen LogP contribution is -2.46. The number of ether oxygens (including phenoxy) is 1. The third-order valence-corrected chi connectivity index (χ3v) is 3.48. The lowest BCUT2D eigenvalue weighted by Gasteiger charge is -2.23. The van der Waals surface area contributed by atoms with Crippen LogP contribution in [0.15, 0.2) is 24.3 Å². The highest BCUT2D eigenvalue weighted by Crippen LogP contribution is 2.12. The number of carbonyl (C=O) groups excluding carboxylic acids is 1. The lowest BCUT2D eigenvalue weighted by molar-refractivity contribution is -0.143. The number of aliphatic carboxylic acids is 1. The van der Waals surface area contributed by atoms with Crippen molar-refractivity contribution in [1.82, 2.24) is 5.32 Å². The molecule has 1 aromatic carbocycles. The second kappa shape index (κ2) is 7.22. The maximum Gasteiger partial charge on any atom is 0.308 e. The van der Waals surface area contributed by atoms with Crippen molar-refractivity contribution in [3.05, 3.63) is 35.4 Å². The average Bonchev–Trinajstić information content (AvgIpc) is 2.42. The van der Waals surface area contributed by atoms with Crippen LogP contribution in [0.3, 0.4) is 0 Å². The molecule has 1 aromatic rings. The van der Waals surface area contributed by atoms with Crippen LogP contribution in [-0.2, 0) is 20.7 Å². The predicted octanol–water partition coefficient (Wildman–Crippen LogP) is 1.78. The molecule has 116 valence electrons. The normalized spacial score (nSPS) is 12.8. The van der Waals surface area contributed by atoms with Crippen LogP contribution in [0, 0.1) is 12.8 Å². The zero-order valence-corrected chi connectivity index (χ0v) is 13.0. The van der Waals surface area contributed by atoms with Crippen LogP contribution < -0.4 is 5.32 Å². The highest BCUT2D eigenvalue weighted by molar-refractivity contribution is 5.84. The predicted molar refractivity (Wildman–Crippen MR) is 80.1 cm³/mol. The number of hydrogen-bond donors (Lipinski definition) is 2. The third-order valence-electron chi connectivity index (χ3n) is 3.48. The van der Waals surface area contributed by atoms with Crippen LogP contribution in [-0.4, -0.2) is 36.2 Å². The van der Waals surface area contributed by atoms with Crippen molar-refractivity contribution >= 4 is 11.9 Å². The van der Waals surface area contributed by atoms with Gasteiger partial charge in [0.15, 0.2) is 0 Å². The van der Waals surface area contributed by atoms with Crippen molar-refractivity contribution in [3.63, 3.8) is 0 Å². The number of rotatable bonds is 7. The van der Waals surface area contributed by atoms with E-state index in [9.17, 15) is 14.7 Å². The number of carboxylic acid groups (broad SMARTS) is 1. The first-order chi connectivity index (χ1) is 9.76. The summed E-state index contributed by atoms with van der Waals surface area (Å²) in [6.45, 7) is 5.31. The van der Waals surface area contributed by atoms with E-state index in [0.29, 0.717) is 6.42 Å². The van der Waals surface area contributed by atoms with Crippen LogP contribution >= 0.6 is 0 Å². The molecule has 0 saturated heterocycles. The molecule has 0 spiro atoms. The van der Waals surface area contributed by atoms with Crippen LogP contribution in [0.4, 0.5) is 0 Å². The number of hydrogen-bond acceptors (Lipinski definition) is 3. The number of amides is 1. The summed E-state index contributed by atoms with van der Waals surface area (Å²) >= 11 is 0. The highest BCUT2D eigenvalue weighted by Gasteiger charge is 2.28. The van der Waals surface area contributed by atoms with E-state index in [1.807, 2.05) is 31.2 Å². The monoisotopic (exact) mass is 293 g/mol. The molecule has 0 bridgehead atoms. The lowest BCUT2D eigenvalue weighted by atomic mass is 9.97. The van der Waals surface area contributed by atoms with E-state index in [1.54, 1.807) is 13.8 Å². The van der Waals surface area contributed by atoms with Crippen molar-refractivity contribution in [2.24, 2.45) is 5.92 Å². The van der Waals surface area contributed by atoms with Gasteiger partial charge in [-0.2, -0.15) is 0 Å². The van der Waals surface area contributed by atoms with Crippen molar-refractivity contribution in [3.8, 4) is 0 Å². The quantitative estimate of drug-likeness (QED) is 0.803. The van der Waals surface area contributed by atoms with Gasteiger partial charge in [-0.3, -0.25) is 9.59 Å². The molecular weight excluding hydrogens is 270 g/mol. The van der Waals surface area contributed by atoms with Crippen LogP contribution in [0.25, 0.3) is 0 Å². The summed E-state index contributed by atoms with van der Waals surface area (Å²) in [5.74, 6) is -1.91. The molecule has 0 heterocycles. The van der Waals surface area contributed by atoms with Crippen molar-refractivity contribution in [1.29, 1.82) is 0 Å². The molecule has 5 nitrogen and oxygen atoms in total. The van der Waals surface area contributed by atoms with E-state index in [1.165, 1.54) is 7.11 Å². The smallest absolute Gasteiger partial charge is 0.308 e.